The van der Waals surface area contributed by atoms with Gasteiger partial charge in [-0.1, -0.05) is 78.3 Å². The van der Waals surface area contributed by atoms with E-state index in [0.717, 1.165) is 39.2 Å². The molecule has 0 aliphatic carbocycles. The molecule has 2 aromatic heterocycles. The Kier molecular flexibility index (Phi) is 4.15. The number of para-hydroxylation sites is 2. The van der Waals surface area contributed by atoms with Crippen molar-refractivity contribution in [2.45, 2.75) is 0 Å². The van der Waals surface area contributed by atoms with Crippen LogP contribution in [0.4, 0.5) is 0 Å². The Balaban J connectivity index is 1.75. The summed E-state index contributed by atoms with van der Waals surface area (Å²) in [6, 6.07) is 26.1. The van der Waals surface area contributed by atoms with Crippen molar-refractivity contribution in [3.05, 3.63) is 101 Å². The molecule has 4 heteroatoms. The minimum absolute atomic E-state index is 0.711. The van der Waals surface area contributed by atoms with Gasteiger partial charge in [0.05, 0.1) is 16.7 Å². The zero-order valence-corrected chi connectivity index (χ0v) is 15.7. The highest BCUT2D eigenvalue weighted by molar-refractivity contribution is 6.32. The fourth-order valence-corrected chi connectivity index (χ4v) is 3.52. The number of halogens is 1. The molecule has 0 amide bonds. The summed E-state index contributed by atoms with van der Waals surface area (Å²) in [7, 11) is 0. The lowest BCUT2D eigenvalue weighted by atomic mass is 10.1. The van der Waals surface area contributed by atoms with E-state index in [1.807, 2.05) is 79.0 Å². The lowest BCUT2D eigenvalue weighted by Gasteiger charge is -2.06. The number of rotatable bonds is 3. The highest BCUT2D eigenvalue weighted by atomic mass is 35.5. The molecular weight excluding hydrogens is 366 g/mol. The lowest BCUT2D eigenvalue weighted by Crippen LogP contribution is -1.95. The van der Waals surface area contributed by atoms with Gasteiger partial charge in [-0.3, -0.25) is 4.40 Å². The number of aromatic nitrogens is 3. The first-order valence-electron chi connectivity index (χ1n) is 9.05. The minimum Gasteiger partial charge on any atom is -0.296 e. The van der Waals surface area contributed by atoms with E-state index in [4.69, 9.17) is 21.6 Å². The van der Waals surface area contributed by atoms with Gasteiger partial charge in [-0.2, -0.15) is 0 Å². The summed E-state index contributed by atoms with van der Waals surface area (Å²) in [6.07, 6.45) is 6.01. The molecule has 0 saturated heterocycles. The minimum atomic E-state index is 0.711. The van der Waals surface area contributed by atoms with E-state index in [2.05, 4.69) is 22.6 Å². The van der Waals surface area contributed by atoms with Gasteiger partial charge in [0.25, 0.3) is 0 Å². The molecular formula is C24H16ClN3. The largest absolute Gasteiger partial charge is 0.296 e. The van der Waals surface area contributed by atoms with Crippen LogP contribution in [0.5, 0.6) is 0 Å². The molecule has 28 heavy (non-hydrogen) atoms. The third-order valence-electron chi connectivity index (χ3n) is 4.71. The van der Waals surface area contributed by atoms with Crippen LogP contribution < -0.4 is 0 Å². The van der Waals surface area contributed by atoms with Gasteiger partial charge in [-0.05, 0) is 29.8 Å². The van der Waals surface area contributed by atoms with E-state index in [0.29, 0.717) is 5.02 Å². The van der Waals surface area contributed by atoms with E-state index >= 15 is 0 Å². The van der Waals surface area contributed by atoms with E-state index in [-0.39, 0.29) is 0 Å². The summed E-state index contributed by atoms with van der Waals surface area (Å²) in [5, 5.41) is 0.711. The normalized spacial score (nSPS) is 11.6. The van der Waals surface area contributed by atoms with Gasteiger partial charge in [0.1, 0.15) is 5.69 Å². The first-order valence-corrected chi connectivity index (χ1v) is 9.43. The van der Waals surface area contributed by atoms with Gasteiger partial charge >= 0.3 is 0 Å². The van der Waals surface area contributed by atoms with Crippen LogP contribution >= 0.6 is 11.6 Å². The summed E-state index contributed by atoms with van der Waals surface area (Å²) in [4.78, 5) is 9.70. The maximum Gasteiger partial charge on any atom is 0.164 e. The topological polar surface area (TPSA) is 30.2 Å². The Hall–Kier alpha value is -3.43. The fourth-order valence-electron chi connectivity index (χ4n) is 3.33. The first-order chi connectivity index (χ1) is 13.8. The summed E-state index contributed by atoms with van der Waals surface area (Å²) >= 11 is 6.31. The van der Waals surface area contributed by atoms with Crippen LogP contribution in [0.2, 0.25) is 5.02 Å². The predicted molar refractivity (Wildman–Crippen MR) is 116 cm³/mol. The lowest BCUT2D eigenvalue weighted by molar-refractivity contribution is 1.14. The third kappa shape index (κ3) is 2.96. The second-order valence-electron chi connectivity index (χ2n) is 6.53. The first kappa shape index (κ1) is 16.7. The van der Waals surface area contributed by atoms with Crippen LogP contribution in [0.25, 0.3) is 40.1 Å². The van der Waals surface area contributed by atoms with Gasteiger partial charge < -0.3 is 0 Å². The van der Waals surface area contributed by atoms with Gasteiger partial charge in [-0.25, -0.2) is 9.97 Å². The maximum atomic E-state index is 6.31. The third-order valence-corrected chi connectivity index (χ3v) is 5.06. The molecule has 134 valence electrons. The second-order valence-corrected chi connectivity index (χ2v) is 6.93. The number of imidazole rings is 1. The molecule has 3 nitrogen and oxygen atoms in total. The van der Waals surface area contributed by atoms with E-state index in [1.54, 1.807) is 0 Å². The van der Waals surface area contributed by atoms with Crippen LogP contribution in [-0.4, -0.2) is 14.4 Å². The van der Waals surface area contributed by atoms with Crippen molar-refractivity contribution >= 4 is 40.4 Å². The molecule has 0 spiro atoms. The van der Waals surface area contributed by atoms with Crippen molar-refractivity contribution in [1.82, 2.24) is 14.4 Å². The molecule has 0 unspecified atom stereocenters. The van der Waals surface area contributed by atoms with Crippen LogP contribution in [0.15, 0.2) is 85.1 Å². The smallest absolute Gasteiger partial charge is 0.164 e. The Morgan fingerprint density at radius 1 is 0.750 bits per heavy atom. The monoisotopic (exact) mass is 381 g/mol. The van der Waals surface area contributed by atoms with Gasteiger partial charge in [0.2, 0.25) is 0 Å². The predicted octanol–water partition coefficient (Wildman–Crippen LogP) is 6.37. The SMILES string of the molecule is Clc1ccccc1/C=C/c1nc(-c2ccccc2)cn2c1nc1ccccc12. The Labute approximate surface area is 167 Å². The van der Waals surface area contributed by atoms with E-state index in [9.17, 15) is 0 Å². The van der Waals surface area contributed by atoms with Crippen LogP contribution in [0, 0.1) is 0 Å². The maximum absolute atomic E-state index is 6.31. The standard InChI is InChI=1S/C24H16ClN3/c25-19-11-5-4-8-17(19)14-15-21-24-27-20-12-6-7-13-23(20)28(24)16-22(26-21)18-9-2-1-3-10-18/h1-16H/b15-14+. The molecule has 0 N–H and O–H groups in total. The van der Waals surface area contributed by atoms with Crippen LogP contribution in [-0.2, 0) is 0 Å². The van der Waals surface area contributed by atoms with Crippen molar-refractivity contribution in [2.75, 3.05) is 0 Å². The number of hydrogen-bond donors (Lipinski definition) is 0. The summed E-state index contributed by atoms with van der Waals surface area (Å²) in [5.41, 5.74) is 6.54. The Morgan fingerprint density at radius 3 is 2.36 bits per heavy atom. The summed E-state index contributed by atoms with van der Waals surface area (Å²) in [6.45, 7) is 0. The van der Waals surface area contributed by atoms with Crippen LogP contribution in [0.3, 0.4) is 0 Å². The van der Waals surface area contributed by atoms with Gasteiger partial charge in [-0.15, -0.1) is 0 Å². The molecule has 0 atom stereocenters. The van der Waals surface area contributed by atoms with Crippen molar-refractivity contribution in [3.63, 3.8) is 0 Å². The van der Waals surface area contributed by atoms with E-state index < -0.39 is 0 Å². The quantitative estimate of drug-likeness (QED) is 0.363. The molecule has 0 bridgehead atoms. The molecule has 0 radical (unpaired) electrons. The molecule has 0 aliphatic rings. The summed E-state index contributed by atoms with van der Waals surface area (Å²) < 4.78 is 2.11. The van der Waals surface area contributed by atoms with Gasteiger partial charge in [0.15, 0.2) is 5.65 Å². The number of fused-ring (bicyclic) bond motifs is 3. The average molecular weight is 382 g/mol. The number of benzene rings is 3. The zero-order chi connectivity index (χ0) is 18.9. The fraction of sp³-hybridized carbons (Fsp3) is 0. The van der Waals surface area contributed by atoms with Crippen molar-refractivity contribution in [3.8, 4) is 11.3 Å². The number of hydrogen-bond acceptors (Lipinski definition) is 2. The van der Waals surface area contributed by atoms with Crippen molar-refractivity contribution in [1.29, 1.82) is 0 Å². The number of nitrogens with zero attached hydrogens (tertiary/aromatic N) is 3. The van der Waals surface area contributed by atoms with Crippen molar-refractivity contribution in [2.24, 2.45) is 0 Å². The van der Waals surface area contributed by atoms with Crippen molar-refractivity contribution < 1.29 is 0 Å². The summed E-state index contributed by atoms with van der Waals surface area (Å²) in [5.74, 6) is 0. The van der Waals surface area contributed by atoms with Gasteiger partial charge in [0, 0.05) is 16.8 Å². The van der Waals surface area contributed by atoms with Crippen LogP contribution in [0.1, 0.15) is 11.3 Å². The molecule has 2 heterocycles. The zero-order valence-electron chi connectivity index (χ0n) is 15.0. The molecule has 0 saturated carbocycles. The average Bonchev–Trinajstić information content (AvgIpc) is 3.12. The molecule has 3 aromatic carbocycles. The highest BCUT2D eigenvalue weighted by Crippen LogP contribution is 2.25. The highest BCUT2D eigenvalue weighted by Gasteiger charge is 2.11. The second kappa shape index (κ2) is 6.95. The van der Waals surface area contributed by atoms with E-state index in [1.165, 1.54) is 0 Å². The Morgan fingerprint density at radius 2 is 1.50 bits per heavy atom. The Bertz CT molecular complexity index is 1320. The molecule has 5 rings (SSSR count). The molecule has 0 fully saturated rings. The molecule has 0 aliphatic heterocycles. The molecule has 5 aromatic rings.